The molecular formula is C12H19NO. The Morgan fingerprint density at radius 2 is 2.14 bits per heavy atom. The van der Waals surface area contributed by atoms with Gasteiger partial charge in [0.2, 0.25) is 0 Å². The van der Waals surface area contributed by atoms with E-state index in [-0.39, 0.29) is 6.04 Å². The fourth-order valence-corrected chi connectivity index (χ4v) is 1.51. The van der Waals surface area contributed by atoms with Crippen LogP contribution in [-0.2, 0) is 6.42 Å². The summed E-state index contributed by atoms with van der Waals surface area (Å²) in [7, 11) is 0. The van der Waals surface area contributed by atoms with Gasteiger partial charge in [0.05, 0.1) is 6.61 Å². The lowest BCUT2D eigenvalue weighted by Crippen LogP contribution is -2.18. The van der Waals surface area contributed by atoms with Gasteiger partial charge in [-0.05, 0) is 38.8 Å². The van der Waals surface area contributed by atoms with E-state index >= 15 is 0 Å². The molecule has 0 saturated heterocycles. The molecule has 0 aromatic heterocycles. The fraction of sp³-hybridized carbons (Fsp3) is 0.500. The highest BCUT2D eigenvalue weighted by Gasteiger charge is 2.05. The van der Waals surface area contributed by atoms with Crippen LogP contribution in [0.25, 0.3) is 0 Å². The van der Waals surface area contributed by atoms with Crippen LogP contribution in [0.5, 0.6) is 5.75 Å². The first-order valence-corrected chi connectivity index (χ1v) is 5.11. The summed E-state index contributed by atoms with van der Waals surface area (Å²) in [6.07, 6.45) is 0.872. The number of aryl methyl sites for hydroxylation is 1. The summed E-state index contributed by atoms with van der Waals surface area (Å²) >= 11 is 0. The lowest BCUT2D eigenvalue weighted by molar-refractivity contribution is 0.335. The molecule has 0 aliphatic rings. The number of hydrogen-bond donors (Lipinski definition) is 1. The lowest BCUT2D eigenvalue weighted by atomic mass is 10.0. The number of ether oxygens (including phenoxy) is 1. The van der Waals surface area contributed by atoms with Crippen molar-refractivity contribution in [2.75, 3.05) is 6.61 Å². The van der Waals surface area contributed by atoms with Crippen molar-refractivity contribution in [3.8, 4) is 5.75 Å². The molecule has 0 amide bonds. The molecule has 78 valence electrons. The van der Waals surface area contributed by atoms with Crippen LogP contribution in [0.4, 0.5) is 0 Å². The van der Waals surface area contributed by atoms with Gasteiger partial charge in [0.25, 0.3) is 0 Å². The number of hydrogen-bond acceptors (Lipinski definition) is 2. The molecule has 2 heteroatoms. The van der Waals surface area contributed by atoms with E-state index in [1.54, 1.807) is 0 Å². The van der Waals surface area contributed by atoms with E-state index in [1.165, 1.54) is 11.1 Å². The standard InChI is InChI=1S/C12H19NO/c1-4-14-12-6-5-9(2)7-11(12)8-10(3)13/h5-7,10H,4,8,13H2,1-3H3. The highest BCUT2D eigenvalue weighted by atomic mass is 16.5. The number of nitrogens with two attached hydrogens (primary N) is 1. The molecule has 1 rings (SSSR count). The van der Waals surface area contributed by atoms with Gasteiger partial charge in [-0.25, -0.2) is 0 Å². The van der Waals surface area contributed by atoms with Gasteiger partial charge in [0, 0.05) is 6.04 Å². The van der Waals surface area contributed by atoms with Crippen LogP contribution in [-0.4, -0.2) is 12.6 Å². The molecule has 0 radical (unpaired) electrons. The minimum atomic E-state index is 0.177. The second-order valence-electron chi connectivity index (χ2n) is 3.73. The Bertz CT molecular complexity index is 294. The van der Waals surface area contributed by atoms with E-state index in [0.29, 0.717) is 6.61 Å². The van der Waals surface area contributed by atoms with Gasteiger partial charge in [-0.3, -0.25) is 0 Å². The highest BCUT2D eigenvalue weighted by molar-refractivity contribution is 5.37. The summed E-state index contributed by atoms with van der Waals surface area (Å²) in [5.41, 5.74) is 8.25. The minimum absolute atomic E-state index is 0.177. The fourth-order valence-electron chi connectivity index (χ4n) is 1.51. The molecule has 14 heavy (non-hydrogen) atoms. The van der Waals surface area contributed by atoms with Crippen LogP contribution in [0.15, 0.2) is 18.2 Å². The van der Waals surface area contributed by atoms with Crippen molar-refractivity contribution in [2.45, 2.75) is 33.2 Å². The Labute approximate surface area is 86.1 Å². The second kappa shape index (κ2) is 5.01. The van der Waals surface area contributed by atoms with E-state index in [1.807, 2.05) is 19.9 Å². The van der Waals surface area contributed by atoms with Crippen molar-refractivity contribution in [1.29, 1.82) is 0 Å². The first-order valence-electron chi connectivity index (χ1n) is 5.11. The normalized spacial score (nSPS) is 12.6. The monoisotopic (exact) mass is 193 g/mol. The average Bonchev–Trinajstić information content (AvgIpc) is 2.09. The maximum atomic E-state index is 5.78. The Kier molecular flexibility index (Phi) is 3.96. The topological polar surface area (TPSA) is 35.2 Å². The van der Waals surface area contributed by atoms with E-state index in [2.05, 4.69) is 19.1 Å². The second-order valence-corrected chi connectivity index (χ2v) is 3.73. The summed E-state index contributed by atoms with van der Waals surface area (Å²) in [5.74, 6) is 0.968. The molecule has 0 spiro atoms. The molecule has 0 saturated carbocycles. The molecule has 0 heterocycles. The summed E-state index contributed by atoms with van der Waals surface area (Å²) in [6.45, 7) is 6.79. The largest absolute Gasteiger partial charge is 0.494 e. The molecule has 1 atom stereocenters. The quantitative estimate of drug-likeness (QED) is 0.796. The molecule has 1 aromatic carbocycles. The Hall–Kier alpha value is -1.02. The van der Waals surface area contributed by atoms with Crippen molar-refractivity contribution in [1.82, 2.24) is 0 Å². The Morgan fingerprint density at radius 3 is 2.71 bits per heavy atom. The maximum absolute atomic E-state index is 5.78. The maximum Gasteiger partial charge on any atom is 0.122 e. The molecule has 0 aliphatic heterocycles. The SMILES string of the molecule is CCOc1ccc(C)cc1CC(C)N. The Morgan fingerprint density at radius 1 is 1.43 bits per heavy atom. The van der Waals surface area contributed by atoms with Crippen LogP contribution in [0.3, 0.4) is 0 Å². The van der Waals surface area contributed by atoms with E-state index < -0.39 is 0 Å². The first-order chi connectivity index (χ1) is 6.63. The van der Waals surface area contributed by atoms with Gasteiger partial charge in [-0.15, -0.1) is 0 Å². The molecule has 0 bridgehead atoms. The van der Waals surface area contributed by atoms with Gasteiger partial charge in [0.15, 0.2) is 0 Å². The minimum Gasteiger partial charge on any atom is -0.494 e. The van der Waals surface area contributed by atoms with E-state index in [4.69, 9.17) is 10.5 Å². The smallest absolute Gasteiger partial charge is 0.122 e. The van der Waals surface area contributed by atoms with Crippen molar-refractivity contribution in [3.05, 3.63) is 29.3 Å². The van der Waals surface area contributed by atoms with Gasteiger partial charge < -0.3 is 10.5 Å². The molecule has 1 aromatic rings. The molecule has 1 unspecified atom stereocenters. The van der Waals surface area contributed by atoms with Gasteiger partial charge in [-0.2, -0.15) is 0 Å². The molecule has 2 N–H and O–H groups in total. The highest BCUT2D eigenvalue weighted by Crippen LogP contribution is 2.21. The van der Waals surface area contributed by atoms with Crippen molar-refractivity contribution < 1.29 is 4.74 Å². The summed E-state index contributed by atoms with van der Waals surface area (Å²) < 4.78 is 5.54. The van der Waals surface area contributed by atoms with Crippen molar-refractivity contribution in [2.24, 2.45) is 5.73 Å². The molecular weight excluding hydrogens is 174 g/mol. The predicted octanol–water partition coefficient (Wildman–Crippen LogP) is 2.28. The van der Waals surface area contributed by atoms with Gasteiger partial charge in [0.1, 0.15) is 5.75 Å². The molecule has 2 nitrogen and oxygen atoms in total. The summed E-state index contributed by atoms with van der Waals surface area (Å²) in [6, 6.07) is 6.41. The van der Waals surface area contributed by atoms with Crippen LogP contribution < -0.4 is 10.5 Å². The van der Waals surface area contributed by atoms with Crippen LogP contribution in [0.1, 0.15) is 25.0 Å². The summed E-state index contributed by atoms with van der Waals surface area (Å²) in [5, 5.41) is 0. The zero-order chi connectivity index (χ0) is 10.6. The van der Waals surface area contributed by atoms with Gasteiger partial charge in [-0.1, -0.05) is 17.7 Å². The third-order valence-electron chi connectivity index (χ3n) is 2.06. The van der Waals surface area contributed by atoms with Crippen molar-refractivity contribution in [3.63, 3.8) is 0 Å². The predicted molar refractivity (Wildman–Crippen MR) is 59.7 cm³/mol. The van der Waals surface area contributed by atoms with E-state index in [0.717, 1.165) is 12.2 Å². The lowest BCUT2D eigenvalue weighted by Gasteiger charge is -2.12. The zero-order valence-corrected chi connectivity index (χ0v) is 9.21. The number of benzene rings is 1. The average molecular weight is 193 g/mol. The Balaban J connectivity index is 2.90. The third kappa shape index (κ3) is 3.04. The van der Waals surface area contributed by atoms with Crippen molar-refractivity contribution >= 4 is 0 Å². The van der Waals surface area contributed by atoms with E-state index in [9.17, 15) is 0 Å². The van der Waals surface area contributed by atoms with Crippen LogP contribution >= 0.6 is 0 Å². The third-order valence-corrected chi connectivity index (χ3v) is 2.06. The first kappa shape index (κ1) is 11.1. The van der Waals surface area contributed by atoms with Crippen LogP contribution in [0.2, 0.25) is 0 Å². The molecule has 0 fully saturated rings. The summed E-state index contributed by atoms with van der Waals surface area (Å²) in [4.78, 5) is 0. The number of rotatable bonds is 4. The molecule has 0 aliphatic carbocycles. The van der Waals surface area contributed by atoms with Gasteiger partial charge >= 0.3 is 0 Å². The van der Waals surface area contributed by atoms with Crippen LogP contribution in [0, 0.1) is 6.92 Å². The zero-order valence-electron chi connectivity index (χ0n) is 9.21.